The second-order valence-corrected chi connectivity index (χ2v) is 5.21. The minimum atomic E-state index is 0.0938. The summed E-state index contributed by atoms with van der Waals surface area (Å²) in [6.07, 6.45) is 4.98. The van der Waals surface area contributed by atoms with E-state index in [0.29, 0.717) is 6.10 Å². The fraction of sp³-hybridized carbons (Fsp3) is 1.00. The molecular formula is C13H27NO2. The first-order valence-corrected chi connectivity index (χ1v) is 6.60. The molecule has 0 aliphatic carbocycles. The molecule has 16 heavy (non-hydrogen) atoms. The Morgan fingerprint density at radius 3 is 2.81 bits per heavy atom. The molecule has 3 heteroatoms. The third-order valence-corrected chi connectivity index (χ3v) is 2.92. The zero-order chi connectivity index (χ0) is 11.9. The average Bonchev–Trinajstić information content (AvgIpc) is 2.57. The lowest BCUT2D eigenvalue weighted by Gasteiger charge is -2.19. The summed E-state index contributed by atoms with van der Waals surface area (Å²) < 4.78 is 11.3. The Bertz CT molecular complexity index is 183. The lowest BCUT2D eigenvalue weighted by Crippen LogP contribution is -2.30. The Balaban J connectivity index is 1.88. The summed E-state index contributed by atoms with van der Waals surface area (Å²) in [4.78, 5) is 0. The van der Waals surface area contributed by atoms with Crippen LogP contribution in [0, 0.1) is 0 Å². The van der Waals surface area contributed by atoms with Crippen LogP contribution in [0.4, 0.5) is 0 Å². The predicted octanol–water partition coefficient (Wildman–Crippen LogP) is 2.35. The highest BCUT2D eigenvalue weighted by Gasteiger charge is 2.30. The topological polar surface area (TPSA) is 30.5 Å². The summed E-state index contributed by atoms with van der Waals surface area (Å²) >= 11 is 0. The zero-order valence-electron chi connectivity index (χ0n) is 11.1. The van der Waals surface area contributed by atoms with Gasteiger partial charge in [-0.05, 0) is 46.1 Å². The van der Waals surface area contributed by atoms with Crippen molar-refractivity contribution < 1.29 is 9.47 Å². The van der Waals surface area contributed by atoms with Crippen molar-refractivity contribution >= 4 is 0 Å². The fourth-order valence-corrected chi connectivity index (χ4v) is 2.03. The normalized spacial score (nSPS) is 23.8. The van der Waals surface area contributed by atoms with E-state index < -0.39 is 0 Å². The van der Waals surface area contributed by atoms with Gasteiger partial charge in [0.1, 0.15) is 0 Å². The minimum Gasteiger partial charge on any atom is -0.381 e. The molecule has 1 aliphatic heterocycles. The number of hydrogen-bond donors (Lipinski definition) is 1. The maximum atomic E-state index is 5.90. The molecular weight excluding hydrogens is 202 g/mol. The van der Waals surface area contributed by atoms with E-state index in [9.17, 15) is 0 Å². The molecule has 1 unspecified atom stereocenters. The third-order valence-electron chi connectivity index (χ3n) is 2.92. The molecule has 0 aromatic heterocycles. The number of rotatable bonds is 8. The van der Waals surface area contributed by atoms with Gasteiger partial charge in [-0.3, -0.25) is 0 Å². The van der Waals surface area contributed by atoms with Crippen molar-refractivity contribution in [3.63, 3.8) is 0 Å². The quantitative estimate of drug-likeness (QED) is 0.648. The van der Waals surface area contributed by atoms with Crippen molar-refractivity contribution in [2.75, 3.05) is 26.3 Å². The van der Waals surface area contributed by atoms with Crippen molar-refractivity contribution in [2.24, 2.45) is 0 Å². The molecule has 1 aliphatic rings. The van der Waals surface area contributed by atoms with Crippen LogP contribution in [0.5, 0.6) is 0 Å². The van der Waals surface area contributed by atoms with E-state index in [1.807, 2.05) is 0 Å². The van der Waals surface area contributed by atoms with Gasteiger partial charge in [0.2, 0.25) is 0 Å². The van der Waals surface area contributed by atoms with Crippen LogP contribution in [0.25, 0.3) is 0 Å². The van der Waals surface area contributed by atoms with E-state index in [0.717, 1.165) is 39.1 Å². The van der Waals surface area contributed by atoms with Crippen molar-refractivity contribution in [3.05, 3.63) is 0 Å². The zero-order valence-corrected chi connectivity index (χ0v) is 11.1. The number of ether oxygens (including phenoxy) is 2. The van der Waals surface area contributed by atoms with Crippen molar-refractivity contribution in [3.8, 4) is 0 Å². The van der Waals surface area contributed by atoms with Crippen LogP contribution in [0.15, 0.2) is 0 Å². The molecule has 3 nitrogen and oxygen atoms in total. The fourth-order valence-electron chi connectivity index (χ4n) is 2.03. The Morgan fingerprint density at radius 1 is 1.38 bits per heavy atom. The van der Waals surface area contributed by atoms with Gasteiger partial charge in [0, 0.05) is 19.8 Å². The Hall–Kier alpha value is -0.120. The summed E-state index contributed by atoms with van der Waals surface area (Å²) in [5.74, 6) is 0. The Labute approximate surface area is 99.9 Å². The first-order valence-electron chi connectivity index (χ1n) is 6.60. The minimum absolute atomic E-state index is 0.0938. The molecule has 1 N–H and O–H groups in total. The van der Waals surface area contributed by atoms with Crippen LogP contribution < -0.4 is 5.32 Å². The molecule has 0 bridgehead atoms. The second kappa shape index (κ2) is 7.25. The van der Waals surface area contributed by atoms with Gasteiger partial charge < -0.3 is 14.8 Å². The molecule has 0 radical (unpaired) electrons. The third kappa shape index (κ3) is 5.83. The van der Waals surface area contributed by atoms with Crippen molar-refractivity contribution in [1.82, 2.24) is 5.32 Å². The standard InChI is InChI=1S/C13H27NO2/c1-4-9-15-10-5-8-14-11-12-6-7-13(2,3)16-12/h12,14H,4-11H2,1-3H3. The summed E-state index contributed by atoms with van der Waals surface area (Å²) in [5.41, 5.74) is 0.0938. The van der Waals surface area contributed by atoms with E-state index in [1.165, 1.54) is 12.8 Å². The highest BCUT2D eigenvalue weighted by molar-refractivity contribution is 4.81. The summed E-state index contributed by atoms with van der Waals surface area (Å²) in [7, 11) is 0. The maximum absolute atomic E-state index is 5.90. The molecule has 0 amide bonds. The molecule has 0 saturated carbocycles. The maximum Gasteiger partial charge on any atom is 0.0707 e. The van der Waals surface area contributed by atoms with Gasteiger partial charge in [-0.15, -0.1) is 0 Å². The van der Waals surface area contributed by atoms with Gasteiger partial charge in [0.15, 0.2) is 0 Å². The highest BCUT2D eigenvalue weighted by Crippen LogP contribution is 2.28. The van der Waals surface area contributed by atoms with Crippen LogP contribution in [0.3, 0.4) is 0 Å². The molecule has 1 atom stereocenters. The number of hydrogen-bond acceptors (Lipinski definition) is 3. The van der Waals surface area contributed by atoms with Gasteiger partial charge in [-0.2, -0.15) is 0 Å². The number of nitrogens with one attached hydrogen (secondary N) is 1. The molecule has 1 rings (SSSR count). The summed E-state index contributed by atoms with van der Waals surface area (Å²) in [6.45, 7) is 10.3. The Morgan fingerprint density at radius 2 is 2.19 bits per heavy atom. The van der Waals surface area contributed by atoms with Crippen molar-refractivity contribution in [1.29, 1.82) is 0 Å². The van der Waals surface area contributed by atoms with Gasteiger partial charge in [0.25, 0.3) is 0 Å². The molecule has 0 aromatic carbocycles. The van der Waals surface area contributed by atoms with Gasteiger partial charge in [-0.25, -0.2) is 0 Å². The van der Waals surface area contributed by atoms with Gasteiger partial charge in [-0.1, -0.05) is 6.92 Å². The first-order chi connectivity index (χ1) is 7.64. The van der Waals surface area contributed by atoms with Crippen LogP contribution in [0.2, 0.25) is 0 Å². The predicted molar refractivity (Wildman–Crippen MR) is 66.8 cm³/mol. The van der Waals surface area contributed by atoms with E-state index in [4.69, 9.17) is 9.47 Å². The second-order valence-electron chi connectivity index (χ2n) is 5.21. The lowest BCUT2D eigenvalue weighted by atomic mass is 10.1. The average molecular weight is 229 g/mol. The largest absolute Gasteiger partial charge is 0.381 e. The molecule has 96 valence electrons. The smallest absolute Gasteiger partial charge is 0.0707 e. The van der Waals surface area contributed by atoms with E-state index in [2.05, 4.69) is 26.1 Å². The van der Waals surface area contributed by atoms with E-state index >= 15 is 0 Å². The lowest BCUT2D eigenvalue weighted by molar-refractivity contribution is -0.0143. The molecule has 1 fully saturated rings. The molecule has 1 saturated heterocycles. The SMILES string of the molecule is CCCOCCCNCC1CCC(C)(C)O1. The summed E-state index contributed by atoms with van der Waals surface area (Å²) in [5, 5.41) is 3.44. The molecule has 0 aromatic rings. The monoisotopic (exact) mass is 229 g/mol. The van der Waals surface area contributed by atoms with Gasteiger partial charge in [0.05, 0.1) is 11.7 Å². The highest BCUT2D eigenvalue weighted by atomic mass is 16.5. The van der Waals surface area contributed by atoms with Crippen molar-refractivity contribution in [2.45, 2.75) is 58.2 Å². The van der Waals surface area contributed by atoms with Crippen LogP contribution in [-0.4, -0.2) is 38.0 Å². The van der Waals surface area contributed by atoms with E-state index in [-0.39, 0.29) is 5.60 Å². The summed E-state index contributed by atoms with van der Waals surface area (Å²) in [6, 6.07) is 0. The molecule has 0 spiro atoms. The Kier molecular flexibility index (Phi) is 6.32. The van der Waals surface area contributed by atoms with Crippen LogP contribution in [0.1, 0.15) is 46.5 Å². The van der Waals surface area contributed by atoms with Gasteiger partial charge >= 0.3 is 0 Å². The first kappa shape index (κ1) is 13.9. The molecule has 1 heterocycles. The van der Waals surface area contributed by atoms with Crippen LogP contribution >= 0.6 is 0 Å². The van der Waals surface area contributed by atoms with E-state index in [1.54, 1.807) is 0 Å². The van der Waals surface area contributed by atoms with Crippen LogP contribution in [-0.2, 0) is 9.47 Å².